The molecule has 0 unspecified atom stereocenters. The number of benzene rings is 2. The van der Waals surface area contributed by atoms with E-state index in [1.807, 2.05) is 12.1 Å². The fourth-order valence-electron chi connectivity index (χ4n) is 3.28. The van der Waals surface area contributed by atoms with Crippen molar-refractivity contribution >= 4 is 28.8 Å². The first-order valence-electron chi connectivity index (χ1n) is 9.55. The normalized spacial score (nSPS) is 14.0. The number of para-hydroxylation sites is 2. The van der Waals surface area contributed by atoms with Gasteiger partial charge in [-0.3, -0.25) is 0 Å². The van der Waals surface area contributed by atoms with Crippen molar-refractivity contribution in [3.05, 3.63) is 65.9 Å². The van der Waals surface area contributed by atoms with Crippen LogP contribution in [0.2, 0.25) is 0 Å². The van der Waals surface area contributed by atoms with E-state index in [-0.39, 0.29) is 0 Å². The highest BCUT2D eigenvalue weighted by Crippen LogP contribution is 2.29. The molecule has 6 heteroatoms. The monoisotopic (exact) mass is 375 g/mol. The Bertz CT molecular complexity index is 953. The Morgan fingerprint density at radius 3 is 2.61 bits per heavy atom. The minimum Gasteiger partial charge on any atom is -0.378 e. The summed E-state index contributed by atoms with van der Waals surface area (Å²) in [5.74, 6) is 1.33. The Morgan fingerprint density at radius 1 is 0.929 bits per heavy atom. The van der Waals surface area contributed by atoms with Gasteiger partial charge in [-0.2, -0.15) is 4.98 Å². The Hall–Kier alpha value is -3.12. The molecule has 28 heavy (non-hydrogen) atoms. The van der Waals surface area contributed by atoms with Gasteiger partial charge in [-0.05, 0) is 49.2 Å². The minimum absolute atomic E-state index is 0.572. The molecule has 1 saturated heterocycles. The van der Waals surface area contributed by atoms with Crippen LogP contribution in [0, 0.1) is 13.8 Å². The van der Waals surface area contributed by atoms with E-state index in [1.54, 1.807) is 6.20 Å². The summed E-state index contributed by atoms with van der Waals surface area (Å²) in [6.45, 7) is 7.44. The first-order valence-corrected chi connectivity index (χ1v) is 9.55. The second-order valence-corrected chi connectivity index (χ2v) is 6.95. The fraction of sp³-hybridized carbons (Fsp3) is 0.273. The summed E-state index contributed by atoms with van der Waals surface area (Å²) < 4.78 is 5.48. The van der Waals surface area contributed by atoms with Crippen molar-refractivity contribution in [2.75, 3.05) is 41.8 Å². The number of aryl methyl sites for hydroxylation is 2. The Kier molecular flexibility index (Phi) is 5.39. The molecule has 4 rings (SSSR count). The molecule has 2 aromatic carbocycles. The first-order chi connectivity index (χ1) is 13.7. The highest BCUT2D eigenvalue weighted by Gasteiger charge is 2.15. The second-order valence-electron chi connectivity index (χ2n) is 6.95. The summed E-state index contributed by atoms with van der Waals surface area (Å²) >= 11 is 0. The molecule has 0 spiro atoms. The van der Waals surface area contributed by atoms with Crippen LogP contribution in [0.15, 0.2) is 54.7 Å². The zero-order chi connectivity index (χ0) is 19.3. The molecule has 2 heterocycles. The van der Waals surface area contributed by atoms with Gasteiger partial charge in [0.05, 0.1) is 24.6 Å². The summed E-state index contributed by atoms with van der Waals surface area (Å²) in [4.78, 5) is 11.3. The largest absolute Gasteiger partial charge is 0.378 e. The summed E-state index contributed by atoms with van der Waals surface area (Å²) in [6, 6.07) is 16.5. The minimum atomic E-state index is 0.572. The Balaban J connectivity index is 1.55. The molecule has 1 aliphatic rings. The molecule has 0 saturated carbocycles. The van der Waals surface area contributed by atoms with E-state index in [9.17, 15) is 0 Å². The van der Waals surface area contributed by atoms with Crippen LogP contribution in [0.25, 0.3) is 0 Å². The third-order valence-electron chi connectivity index (χ3n) is 4.81. The summed E-state index contributed by atoms with van der Waals surface area (Å²) in [5, 5.41) is 6.78. The van der Waals surface area contributed by atoms with E-state index >= 15 is 0 Å². The molecule has 144 valence electrons. The molecule has 3 aromatic rings. The van der Waals surface area contributed by atoms with Crippen LogP contribution in [0.4, 0.5) is 28.8 Å². The number of anilines is 5. The molecule has 0 amide bonds. The van der Waals surface area contributed by atoms with E-state index < -0.39 is 0 Å². The van der Waals surface area contributed by atoms with Crippen molar-refractivity contribution in [3.63, 3.8) is 0 Å². The van der Waals surface area contributed by atoms with Crippen LogP contribution >= 0.6 is 0 Å². The molecule has 1 aliphatic heterocycles. The van der Waals surface area contributed by atoms with E-state index in [2.05, 4.69) is 75.7 Å². The van der Waals surface area contributed by atoms with Crippen LogP contribution in [0.3, 0.4) is 0 Å². The lowest BCUT2D eigenvalue weighted by Gasteiger charge is -2.30. The molecule has 0 bridgehead atoms. The Labute approximate surface area is 165 Å². The van der Waals surface area contributed by atoms with Gasteiger partial charge in [0.1, 0.15) is 5.82 Å². The number of hydrogen-bond donors (Lipinski definition) is 2. The molecular weight excluding hydrogens is 350 g/mol. The van der Waals surface area contributed by atoms with Gasteiger partial charge in [0.15, 0.2) is 0 Å². The average molecular weight is 375 g/mol. The Morgan fingerprint density at radius 2 is 1.75 bits per heavy atom. The standard InChI is InChI=1S/C22H25N5O/c1-16-7-8-17(2)19(15-16)25-22-23-10-9-21(26-22)24-18-5-3-4-6-20(18)27-11-13-28-14-12-27/h3-10,15H,11-14H2,1-2H3,(H2,23,24,25,26). The number of morpholine rings is 1. The van der Waals surface area contributed by atoms with Crippen molar-refractivity contribution in [3.8, 4) is 0 Å². The number of ether oxygens (including phenoxy) is 1. The summed E-state index contributed by atoms with van der Waals surface area (Å²) in [7, 11) is 0. The molecule has 2 N–H and O–H groups in total. The number of aromatic nitrogens is 2. The topological polar surface area (TPSA) is 62.3 Å². The van der Waals surface area contributed by atoms with E-state index in [0.29, 0.717) is 5.95 Å². The van der Waals surface area contributed by atoms with Crippen LogP contribution < -0.4 is 15.5 Å². The number of nitrogens with zero attached hydrogens (tertiary/aromatic N) is 3. The van der Waals surface area contributed by atoms with Crippen LogP contribution in [-0.4, -0.2) is 36.3 Å². The molecule has 1 fully saturated rings. The van der Waals surface area contributed by atoms with Gasteiger partial charge >= 0.3 is 0 Å². The van der Waals surface area contributed by atoms with Crippen LogP contribution in [0.1, 0.15) is 11.1 Å². The first kappa shape index (κ1) is 18.3. The SMILES string of the molecule is Cc1ccc(C)c(Nc2nccc(Nc3ccccc3N3CCOCC3)n2)c1. The van der Waals surface area contributed by atoms with Gasteiger partial charge in [-0.15, -0.1) is 0 Å². The highest BCUT2D eigenvalue weighted by atomic mass is 16.5. The van der Waals surface area contributed by atoms with Crippen LogP contribution in [-0.2, 0) is 4.74 Å². The van der Waals surface area contributed by atoms with E-state index in [4.69, 9.17) is 4.74 Å². The van der Waals surface area contributed by atoms with Crippen LogP contribution in [0.5, 0.6) is 0 Å². The van der Waals surface area contributed by atoms with Gasteiger partial charge in [0.2, 0.25) is 5.95 Å². The van der Waals surface area contributed by atoms with Gasteiger partial charge in [-0.25, -0.2) is 4.98 Å². The second kappa shape index (κ2) is 8.27. The molecular formula is C22H25N5O. The third-order valence-corrected chi connectivity index (χ3v) is 4.81. The van der Waals surface area contributed by atoms with Crippen molar-refractivity contribution in [1.29, 1.82) is 0 Å². The maximum atomic E-state index is 5.48. The lowest BCUT2D eigenvalue weighted by molar-refractivity contribution is 0.123. The fourth-order valence-corrected chi connectivity index (χ4v) is 3.28. The summed E-state index contributed by atoms with van der Waals surface area (Å²) in [5.41, 5.74) is 5.56. The number of hydrogen-bond acceptors (Lipinski definition) is 6. The van der Waals surface area contributed by atoms with Gasteiger partial charge < -0.3 is 20.3 Å². The molecule has 0 radical (unpaired) electrons. The number of rotatable bonds is 5. The number of nitrogens with one attached hydrogen (secondary N) is 2. The van der Waals surface area contributed by atoms with E-state index in [1.165, 1.54) is 5.56 Å². The van der Waals surface area contributed by atoms with E-state index in [0.717, 1.165) is 54.7 Å². The molecule has 0 aliphatic carbocycles. The van der Waals surface area contributed by atoms with Crippen molar-refractivity contribution < 1.29 is 4.74 Å². The van der Waals surface area contributed by atoms with Gasteiger partial charge in [-0.1, -0.05) is 24.3 Å². The maximum Gasteiger partial charge on any atom is 0.229 e. The molecule has 6 nitrogen and oxygen atoms in total. The van der Waals surface area contributed by atoms with Crippen molar-refractivity contribution in [2.24, 2.45) is 0 Å². The van der Waals surface area contributed by atoms with Crippen molar-refractivity contribution in [1.82, 2.24) is 9.97 Å². The summed E-state index contributed by atoms with van der Waals surface area (Å²) in [6.07, 6.45) is 1.76. The maximum absolute atomic E-state index is 5.48. The lowest BCUT2D eigenvalue weighted by atomic mass is 10.1. The molecule has 1 aromatic heterocycles. The highest BCUT2D eigenvalue weighted by molar-refractivity contribution is 5.74. The predicted molar refractivity (Wildman–Crippen MR) is 114 cm³/mol. The zero-order valence-corrected chi connectivity index (χ0v) is 16.3. The van der Waals surface area contributed by atoms with Gasteiger partial charge in [0, 0.05) is 25.0 Å². The zero-order valence-electron chi connectivity index (χ0n) is 16.3. The quantitative estimate of drug-likeness (QED) is 0.688. The van der Waals surface area contributed by atoms with Gasteiger partial charge in [0.25, 0.3) is 0 Å². The molecule has 0 atom stereocenters. The smallest absolute Gasteiger partial charge is 0.229 e. The van der Waals surface area contributed by atoms with Crippen molar-refractivity contribution in [2.45, 2.75) is 13.8 Å². The average Bonchev–Trinajstić information content (AvgIpc) is 2.72. The third kappa shape index (κ3) is 4.23. The predicted octanol–water partition coefficient (Wildman–Crippen LogP) is 4.42. The lowest BCUT2D eigenvalue weighted by Crippen LogP contribution is -2.36.